The van der Waals surface area contributed by atoms with E-state index in [0.29, 0.717) is 11.3 Å². The maximum atomic E-state index is 14.9. The van der Waals surface area contributed by atoms with Crippen molar-refractivity contribution in [1.29, 1.82) is 5.41 Å². The summed E-state index contributed by atoms with van der Waals surface area (Å²) in [5, 5.41) is 10.0. The lowest BCUT2D eigenvalue weighted by Gasteiger charge is -2.19. The van der Waals surface area contributed by atoms with Crippen molar-refractivity contribution in [1.82, 2.24) is 10.3 Å². The minimum absolute atomic E-state index is 0.0629. The third kappa shape index (κ3) is 5.29. The van der Waals surface area contributed by atoms with E-state index in [-0.39, 0.29) is 24.6 Å². The Hall–Kier alpha value is -3.65. The standard InChI is InChI=1S/C23H22F2N4O2/c1-2-31-21(23(30)29-13-14-6-8-15(9-7-14)22(26)27)20-17(24)11-16(12-18(20)25)19-5-3-4-10-28-19/h3-12,21H,2,13H2,1H3,(H3,26,27)(H,29,30). The first-order valence-electron chi connectivity index (χ1n) is 9.63. The van der Waals surface area contributed by atoms with Crippen LogP contribution in [-0.2, 0) is 16.1 Å². The molecule has 8 heteroatoms. The molecule has 1 atom stereocenters. The van der Waals surface area contributed by atoms with Crippen molar-refractivity contribution in [2.75, 3.05) is 6.61 Å². The van der Waals surface area contributed by atoms with Crippen molar-refractivity contribution in [2.45, 2.75) is 19.6 Å². The summed E-state index contributed by atoms with van der Waals surface area (Å²) in [5.41, 5.74) is 6.94. The van der Waals surface area contributed by atoms with Gasteiger partial charge in [-0.2, -0.15) is 0 Å². The Morgan fingerprint density at radius 1 is 1.16 bits per heavy atom. The van der Waals surface area contributed by atoms with Crippen molar-refractivity contribution < 1.29 is 18.3 Å². The first-order valence-corrected chi connectivity index (χ1v) is 9.63. The number of carbonyl (C=O) groups is 1. The Balaban J connectivity index is 1.80. The number of rotatable bonds is 8. The van der Waals surface area contributed by atoms with E-state index in [2.05, 4.69) is 10.3 Å². The van der Waals surface area contributed by atoms with Crippen molar-refractivity contribution >= 4 is 11.7 Å². The maximum absolute atomic E-state index is 14.9. The number of nitrogens with zero attached hydrogens (tertiary/aromatic N) is 1. The molecule has 0 bridgehead atoms. The Morgan fingerprint density at radius 3 is 2.39 bits per heavy atom. The van der Waals surface area contributed by atoms with Crippen LogP contribution < -0.4 is 11.1 Å². The number of ether oxygens (including phenoxy) is 1. The van der Waals surface area contributed by atoms with E-state index in [0.717, 1.165) is 17.7 Å². The van der Waals surface area contributed by atoms with E-state index >= 15 is 0 Å². The quantitative estimate of drug-likeness (QED) is 0.379. The lowest BCUT2D eigenvalue weighted by atomic mass is 10.0. The zero-order valence-corrected chi connectivity index (χ0v) is 16.9. The number of pyridine rings is 1. The van der Waals surface area contributed by atoms with Gasteiger partial charge in [-0.3, -0.25) is 15.2 Å². The molecular formula is C23H22F2N4O2. The third-order valence-corrected chi connectivity index (χ3v) is 4.61. The van der Waals surface area contributed by atoms with Gasteiger partial charge in [0.15, 0.2) is 6.10 Å². The van der Waals surface area contributed by atoms with Crippen LogP contribution in [0.15, 0.2) is 60.8 Å². The Bertz CT molecular complexity index is 1050. The average molecular weight is 424 g/mol. The highest BCUT2D eigenvalue weighted by Gasteiger charge is 2.28. The number of amides is 1. The summed E-state index contributed by atoms with van der Waals surface area (Å²) < 4.78 is 35.1. The predicted octanol–water partition coefficient (Wildman–Crippen LogP) is 3.70. The lowest BCUT2D eigenvalue weighted by molar-refractivity contribution is -0.133. The number of nitrogens with one attached hydrogen (secondary N) is 2. The van der Waals surface area contributed by atoms with Gasteiger partial charge in [-0.05, 0) is 36.8 Å². The molecule has 0 aliphatic rings. The summed E-state index contributed by atoms with van der Waals surface area (Å²) in [4.78, 5) is 16.8. The van der Waals surface area contributed by atoms with Crippen LogP contribution >= 0.6 is 0 Å². The summed E-state index contributed by atoms with van der Waals surface area (Å²) in [6.45, 7) is 1.85. The smallest absolute Gasteiger partial charge is 0.254 e. The molecular weight excluding hydrogens is 402 g/mol. The van der Waals surface area contributed by atoms with E-state index in [1.165, 1.54) is 6.20 Å². The molecule has 3 rings (SSSR count). The molecule has 6 nitrogen and oxygen atoms in total. The van der Waals surface area contributed by atoms with Crippen molar-refractivity contribution in [3.05, 3.63) is 89.1 Å². The molecule has 4 N–H and O–H groups in total. The highest BCUT2D eigenvalue weighted by atomic mass is 19.1. The third-order valence-electron chi connectivity index (χ3n) is 4.61. The van der Waals surface area contributed by atoms with Gasteiger partial charge in [-0.1, -0.05) is 30.3 Å². The highest BCUT2D eigenvalue weighted by Crippen LogP contribution is 2.29. The molecule has 3 aromatic rings. The number of nitrogen functional groups attached to an aromatic ring is 1. The lowest BCUT2D eigenvalue weighted by Crippen LogP contribution is -2.31. The number of halogens is 2. The summed E-state index contributed by atoms with van der Waals surface area (Å²) in [6.07, 6.45) is 0.0811. The van der Waals surface area contributed by atoms with Crippen LogP contribution in [0.2, 0.25) is 0 Å². The van der Waals surface area contributed by atoms with Gasteiger partial charge in [0.05, 0.1) is 11.3 Å². The van der Waals surface area contributed by atoms with Gasteiger partial charge in [-0.25, -0.2) is 8.78 Å². The van der Waals surface area contributed by atoms with Gasteiger partial charge in [0.25, 0.3) is 5.91 Å². The van der Waals surface area contributed by atoms with E-state index < -0.39 is 29.2 Å². The van der Waals surface area contributed by atoms with Crippen LogP contribution in [-0.4, -0.2) is 23.3 Å². The van der Waals surface area contributed by atoms with Gasteiger partial charge in [0.2, 0.25) is 0 Å². The molecule has 0 saturated heterocycles. The molecule has 160 valence electrons. The highest BCUT2D eigenvalue weighted by molar-refractivity contribution is 5.94. The van der Waals surface area contributed by atoms with Gasteiger partial charge in [0, 0.05) is 30.5 Å². The molecule has 0 saturated carbocycles. The average Bonchev–Trinajstić information content (AvgIpc) is 2.77. The molecule has 0 fully saturated rings. The minimum atomic E-state index is -1.45. The Labute approximate surface area is 178 Å². The van der Waals surface area contributed by atoms with Crippen LogP contribution in [0.5, 0.6) is 0 Å². The second-order valence-electron chi connectivity index (χ2n) is 6.73. The molecule has 2 aromatic carbocycles. The normalized spacial score (nSPS) is 11.7. The van der Waals surface area contributed by atoms with Gasteiger partial charge in [0.1, 0.15) is 17.5 Å². The topological polar surface area (TPSA) is 101 Å². The van der Waals surface area contributed by atoms with Crippen LogP contribution in [0, 0.1) is 17.0 Å². The van der Waals surface area contributed by atoms with Gasteiger partial charge < -0.3 is 15.8 Å². The summed E-state index contributed by atoms with van der Waals surface area (Å²) in [6, 6.07) is 14.0. The second kappa shape index (κ2) is 9.90. The molecule has 1 heterocycles. The fourth-order valence-corrected chi connectivity index (χ4v) is 3.06. The number of benzene rings is 2. The number of carbonyl (C=O) groups excluding carboxylic acids is 1. The number of nitrogens with two attached hydrogens (primary N) is 1. The largest absolute Gasteiger partial charge is 0.384 e. The SMILES string of the molecule is CCOC(C(=O)NCc1ccc(C(=N)N)cc1)c1c(F)cc(-c2ccccn2)cc1F. The van der Waals surface area contributed by atoms with E-state index in [9.17, 15) is 13.6 Å². The number of amidine groups is 1. The van der Waals surface area contributed by atoms with E-state index in [1.54, 1.807) is 49.4 Å². The fourth-order valence-electron chi connectivity index (χ4n) is 3.06. The molecule has 0 aliphatic carbocycles. The molecule has 0 spiro atoms. The number of aromatic nitrogens is 1. The molecule has 0 radical (unpaired) electrons. The second-order valence-corrected chi connectivity index (χ2v) is 6.73. The summed E-state index contributed by atoms with van der Waals surface area (Å²) >= 11 is 0. The molecule has 31 heavy (non-hydrogen) atoms. The first-order chi connectivity index (χ1) is 14.9. The minimum Gasteiger partial charge on any atom is -0.384 e. The van der Waals surface area contributed by atoms with Crippen LogP contribution in [0.3, 0.4) is 0 Å². The van der Waals surface area contributed by atoms with E-state index in [1.807, 2.05) is 0 Å². The fraction of sp³-hybridized carbons (Fsp3) is 0.174. The zero-order chi connectivity index (χ0) is 22.4. The van der Waals surface area contributed by atoms with Crippen molar-refractivity contribution in [3.8, 4) is 11.3 Å². The zero-order valence-electron chi connectivity index (χ0n) is 16.9. The number of hydrogen-bond donors (Lipinski definition) is 3. The monoisotopic (exact) mass is 424 g/mol. The molecule has 1 unspecified atom stereocenters. The number of hydrogen-bond acceptors (Lipinski definition) is 4. The van der Waals surface area contributed by atoms with Gasteiger partial charge in [-0.15, -0.1) is 0 Å². The van der Waals surface area contributed by atoms with Crippen molar-refractivity contribution in [2.24, 2.45) is 5.73 Å². The summed E-state index contributed by atoms with van der Waals surface area (Å²) in [7, 11) is 0. The Morgan fingerprint density at radius 2 is 1.84 bits per heavy atom. The Kier molecular flexibility index (Phi) is 7.04. The molecule has 1 aromatic heterocycles. The van der Waals surface area contributed by atoms with Crippen molar-refractivity contribution in [3.63, 3.8) is 0 Å². The molecule has 0 aliphatic heterocycles. The first kappa shape index (κ1) is 22.0. The van der Waals surface area contributed by atoms with E-state index in [4.69, 9.17) is 15.9 Å². The summed E-state index contributed by atoms with van der Waals surface area (Å²) in [5.74, 6) is -2.51. The van der Waals surface area contributed by atoms with Crippen LogP contribution in [0.1, 0.15) is 29.7 Å². The maximum Gasteiger partial charge on any atom is 0.254 e. The van der Waals surface area contributed by atoms with Crippen LogP contribution in [0.25, 0.3) is 11.3 Å². The predicted molar refractivity (Wildman–Crippen MR) is 113 cm³/mol. The van der Waals surface area contributed by atoms with Crippen LogP contribution in [0.4, 0.5) is 8.78 Å². The van der Waals surface area contributed by atoms with Gasteiger partial charge >= 0.3 is 0 Å². The molecule has 1 amide bonds.